The quantitative estimate of drug-likeness (QED) is 0.806. The van der Waals surface area contributed by atoms with Gasteiger partial charge >= 0.3 is 5.51 Å². The molecule has 0 heterocycles. The zero-order chi connectivity index (χ0) is 14.6. The number of fused-ring (bicyclic) bond motifs is 1. The highest BCUT2D eigenvalue weighted by atomic mass is 32.2. The first-order valence-electron chi connectivity index (χ1n) is 7.01. The molecule has 1 aliphatic rings. The summed E-state index contributed by atoms with van der Waals surface area (Å²) in [6.45, 7) is 2.37. The minimum absolute atomic E-state index is 0.0311. The molecule has 0 bridgehead atoms. The lowest BCUT2D eigenvalue weighted by Gasteiger charge is -2.20. The summed E-state index contributed by atoms with van der Waals surface area (Å²) in [4.78, 5) is 0. The Balaban J connectivity index is 1.84. The zero-order valence-corrected chi connectivity index (χ0v) is 12.4. The highest BCUT2D eigenvalue weighted by Crippen LogP contribution is 2.29. The lowest BCUT2D eigenvalue weighted by molar-refractivity contribution is -0.0327. The summed E-state index contributed by atoms with van der Waals surface area (Å²) in [7, 11) is 0. The summed E-state index contributed by atoms with van der Waals surface area (Å²) in [6.07, 6.45) is 4.77. The van der Waals surface area contributed by atoms with Gasteiger partial charge in [-0.25, -0.2) is 0 Å². The summed E-state index contributed by atoms with van der Waals surface area (Å²) < 4.78 is 36.1. The van der Waals surface area contributed by atoms with E-state index in [4.69, 9.17) is 0 Å². The van der Waals surface area contributed by atoms with Crippen molar-refractivity contribution in [1.29, 1.82) is 0 Å². The van der Waals surface area contributed by atoms with Gasteiger partial charge in [-0.1, -0.05) is 18.2 Å². The highest BCUT2D eigenvalue weighted by molar-refractivity contribution is 8.00. The van der Waals surface area contributed by atoms with Gasteiger partial charge in [0.05, 0.1) is 0 Å². The van der Waals surface area contributed by atoms with E-state index in [0.29, 0.717) is 6.54 Å². The average molecular weight is 303 g/mol. The van der Waals surface area contributed by atoms with E-state index in [9.17, 15) is 13.2 Å². The second kappa shape index (κ2) is 6.85. The van der Waals surface area contributed by atoms with Crippen molar-refractivity contribution in [2.45, 2.75) is 44.2 Å². The summed E-state index contributed by atoms with van der Waals surface area (Å²) in [6, 6.07) is 6.57. The first kappa shape index (κ1) is 15.7. The third-order valence-electron chi connectivity index (χ3n) is 3.69. The molecular weight excluding hydrogens is 283 g/mol. The number of aryl methyl sites for hydroxylation is 2. The fraction of sp³-hybridized carbons (Fsp3) is 0.600. The predicted octanol–water partition coefficient (Wildman–Crippen LogP) is 4.47. The topological polar surface area (TPSA) is 12.0 Å². The van der Waals surface area contributed by atoms with Crippen molar-refractivity contribution in [2.75, 3.05) is 12.3 Å². The van der Waals surface area contributed by atoms with Gasteiger partial charge in [-0.3, -0.25) is 0 Å². The maximum absolute atomic E-state index is 12.0. The minimum atomic E-state index is -4.13. The molecule has 1 N–H and O–H groups in total. The molecule has 5 heteroatoms. The van der Waals surface area contributed by atoms with E-state index in [1.54, 1.807) is 0 Å². The number of halogens is 3. The molecule has 0 aliphatic heterocycles. The van der Waals surface area contributed by atoms with Crippen LogP contribution in [0.2, 0.25) is 0 Å². The number of rotatable bonds is 5. The molecule has 0 fully saturated rings. The van der Waals surface area contributed by atoms with Crippen molar-refractivity contribution in [3.8, 4) is 0 Å². The zero-order valence-electron chi connectivity index (χ0n) is 11.6. The first-order chi connectivity index (χ1) is 9.46. The van der Waals surface area contributed by atoms with Crippen LogP contribution in [0, 0.1) is 0 Å². The first-order valence-corrected chi connectivity index (χ1v) is 8.00. The van der Waals surface area contributed by atoms with Crippen molar-refractivity contribution < 1.29 is 13.2 Å². The highest BCUT2D eigenvalue weighted by Gasteiger charge is 2.27. The Morgan fingerprint density at radius 2 is 1.90 bits per heavy atom. The van der Waals surface area contributed by atoms with Gasteiger partial charge in [0.2, 0.25) is 0 Å². The third kappa shape index (κ3) is 4.70. The molecule has 1 aromatic carbocycles. The SMILES string of the molecule is CC(NCCSC(F)(F)F)c1ccc2c(c1)CCCC2. The Labute approximate surface area is 122 Å². The second-order valence-electron chi connectivity index (χ2n) is 5.21. The van der Waals surface area contributed by atoms with Crippen LogP contribution in [0.25, 0.3) is 0 Å². The van der Waals surface area contributed by atoms with Crippen LogP contribution in [-0.4, -0.2) is 17.8 Å². The van der Waals surface area contributed by atoms with Crippen molar-refractivity contribution in [3.63, 3.8) is 0 Å². The van der Waals surface area contributed by atoms with Gasteiger partial charge < -0.3 is 5.32 Å². The number of benzene rings is 1. The number of nitrogens with one attached hydrogen (secondary N) is 1. The molecule has 20 heavy (non-hydrogen) atoms. The van der Waals surface area contributed by atoms with Crippen LogP contribution < -0.4 is 5.32 Å². The Kier molecular flexibility index (Phi) is 5.38. The molecular formula is C15H20F3NS. The maximum Gasteiger partial charge on any atom is 0.441 e. The largest absolute Gasteiger partial charge is 0.441 e. The summed E-state index contributed by atoms with van der Waals surface area (Å²) in [5.74, 6) is 0.0543. The molecule has 112 valence electrons. The molecule has 1 nitrogen and oxygen atoms in total. The lowest BCUT2D eigenvalue weighted by Crippen LogP contribution is -2.22. The normalized spacial score (nSPS) is 16.8. The van der Waals surface area contributed by atoms with Gasteiger partial charge in [0.25, 0.3) is 0 Å². The van der Waals surface area contributed by atoms with Crippen LogP contribution in [-0.2, 0) is 12.8 Å². The van der Waals surface area contributed by atoms with E-state index in [-0.39, 0.29) is 23.6 Å². The monoisotopic (exact) mass is 303 g/mol. The number of alkyl halides is 3. The standard InChI is InChI=1S/C15H20F3NS/c1-11(19-8-9-20-15(16,17)18)13-7-6-12-4-2-3-5-14(12)10-13/h6-7,10-11,19H,2-5,8-9H2,1H3. The van der Waals surface area contributed by atoms with E-state index < -0.39 is 5.51 Å². The molecule has 0 spiro atoms. The molecule has 0 aromatic heterocycles. The van der Waals surface area contributed by atoms with Crippen LogP contribution in [0.15, 0.2) is 18.2 Å². The molecule has 1 unspecified atom stereocenters. The van der Waals surface area contributed by atoms with Gasteiger partial charge in [-0.2, -0.15) is 13.2 Å². The van der Waals surface area contributed by atoms with Crippen LogP contribution >= 0.6 is 11.8 Å². The maximum atomic E-state index is 12.0. The van der Waals surface area contributed by atoms with Crippen molar-refractivity contribution in [3.05, 3.63) is 34.9 Å². The number of thioether (sulfide) groups is 1. The van der Waals surface area contributed by atoms with Crippen LogP contribution in [0.4, 0.5) is 13.2 Å². The van der Waals surface area contributed by atoms with E-state index in [1.165, 1.54) is 29.5 Å². The molecule has 0 amide bonds. The van der Waals surface area contributed by atoms with E-state index in [2.05, 4.69) is 23.5 Å². The molecule has 1 aliphatic carbocycles. The predicted molar refractivity (Wildman–Crippen MR) is 78.0 cm³/mol. The Bertz CT molecular complexity index is 445. The number of hydrogen-bond acceptors (Lipinski definition) is 2. The third-order valence-corrected chi connectivity index (χ3v) is 4.43. The fourth-order valence-electron chi connectivity index (χ4n) is 2.58. The van der Waals surface area contributed by atoms with E-state index >= 15 is 0 Å². The fourth-order valence-corrected chi connectivity index (χ4v) is 3.03. The van der Waals surface area contributed by atoms with Crippen molar-refractivity contribution >= 4 is 11.8 Å². The Morgan fingerprint density at radius 1 is 1.20 bits per heavy atom. The van der Waals surface area contributed by atoms with Crippen molar-refractivity contribution in [1.82, 2.24) is 5.32 Å². The van der Waals surface area contributed by atoms with Gasteiger partial charge in [-0.05, 0) is 61.1 Å². The second-order valence-corrected chi connectivity index (χ2v) is 6.37. The molecule has 0 radical (unpaired) electrons. The Hall–Kier alpha value is -0.680. The average Bonchev–Trinajstić information content (AvgIpc) is 2.42. The van der Waals surface area contributed by atoms with Gasteiger partial charge in [0.1, 0.15) is 0 Å². The molecule has 0 saturated carbocycles. The van der Waals surface area contributed by atoms with Crippen LogP contribution in [0.3, 0.4) is 0 Å². The molecule has 1 atom stereocenters. The Morgan fingerprint density at radius 3 is 2.60 bits per heavy atom. The van der Waals surface area contributed by atoms with Gasteiger partial charge in [0.15, 0.2) is 0 Å². The summed E-state index contributed by atoms with van der Waals surface area (Å²) >= 11 is 0.0311. The lowest BCUT2D eigenvalue weighted by atomic mass is 9.89. The van der Waals surface area contributed by atoms with E-state index in [0.717, 1.165) is 12.8 Å². The minimum Gasteiger partial charge on any atom is -0.309 e. The van der Waals surface area contributed by atoms with Gasteiger partial charge in [-0.15, -0.1) is 0 Å². The molecule has 2 rings (SSSR count). The van der Waals surface area contributed by atoms with E-state index in [1.807, 2.05) is 6.92 Å². The smallest absolute Gasteiger partial charge is 0.309 e. The van der Waals surface area contributed by atoms with Crippen LogP contribution in [0.5, 0.6) is 0 Å². The number of hydrogen-bond donors (Lipinski definition) is 1. The molecule has 0 saturated heterocycles. The van der Waals surface area contributed by atoms with Crippen LogP contribution in [0.1, 0.15) is 42.5 Å². The van der Waals surface area contributed by atoms with Gasteiger partial charge in [0, 0.05) is 18.3 Å². The summed E-state index contributed by atoms with van der Waals surface area (Å²) in [5, 5.41) is 3.16. The van der Waals surface area contributed by atoms with Crippen molar-refractivity contribution in [2.24, 2.45) is 0 Å². The summed E-state index contributed by atoms with van der Waals surface area (Å²) in [5.41, 5.74) is -0.119. The molecule has 1 aromatic rings.